The summed E-state index contributed by atoms with van der Waals surface area (Å²) in [4.78, 5) is 18.1. The number of hydrogen-bond donors (Lipinski definition) is 0. The van der Waals surface area contributed by atoms with Gasteiger partial charge in [-0.05, 0) is 42.3 Å². The Morgan fingerprint density at radius 1 is 0.909 bits per heavy atom. The van der Waals surface area contributed by atoms with Gasteiger partial charge in [-0.1, -0.05) is 29.4 Å². The zero-order chi connectivity index (χ0) is 24.2. The predicted octanol–water partition coefficient (Wildman–Crippen LogP) is 5.58. The minimum atomic E-state index is -4.57. The lowest BCUT2D eigenvalue weighted by molar-refractivity contribution is -0.138. The number of carbonyl (C=O) groups is 1. The molecular weight excluding hydrogens is 452 g/mol. The van der Waals surface area contributed by atoms with Crippen LogP contribution in [0.4, 0.5) is 26.3 Å². The van der Waals surface area contributed by atoms with Gasteiger partial charge in [-0.2, -0.15) is 31.3 Å². The second kappa shape index (κ2) is 9.63. The van der Waals surface area contributed by atoms with E-state index in [9.17, 15) is 31.1 Å². The maximum absolute atomic E-state index is 13.1. The Balaban J connectivity index is 1.83. The number of alkyl halides is 6. The van der Waals surface area contributed by atoms with Gasteiger partial charge in [-0.15, -0.1) is 0 Å². The van der Waals surface area contributed by atoms with Crippen molar-refractivity contribution < 1.29 is 35.7 Å². The average Bonchev–Trinajstić information content (AvgIpc) is 3.16. The normalized spacial score (nSPS) is 12.1. The number of nitrogens with zero attached hydrogens (tertiary/aromatic N) is 3. The van der Waals surface area contributed by atoms with Crippen molar-refractivity contribution in [2.24, 2.45) is 0 Å². The van der Waals surface area contributed by atoms with E-state index in [0.29, 0.717) is 5.82 Å². The Bertz CT molecular complexity index is 1050. The van der Waals surface area contributed by atoms with Gasteiger partial charge < -0.3 is 9.42 Å². The van der Waals surface area contributed by atoms with E-state index in [2.05, 4.69) is 10.1 Å². The summed E-state index contributed by atoms with van der Waals surface area (Å²) in [7, 11) is 0. The van der Waals surface area contributed by atoms with Gasteiger partial charge in [0.1, 0.15) is 0 Å². The smallest absolute Gasteiger partial charge is 0.339 e. The standard InChI is InChI=1S/C22H19F6N3O2/c1-14-29-19(33-30-14)8-9-20(32)31(12-15-4-2-6-17(10-15)21(23,24)25)13-16-5-3-7-18(11-16)22(26,27)28/h2-7,10-11H,8-9,12-13H2,1H3. The highest BCUT2D eigenvalue weighted by Crippen LogP contribution is 2.31. The van der Waals surface area contributed by atoms with Crippen molar-refractivity contribution in [3.05, 3.63) is 82.5 Å². The predicted molar refractivity (Wildman–Crippen MR) is 104 cm³/mol. The highest BCUT2D eigenvalue weighted by atomic mass is 19.4. The number of benzene rings is 2. The van der Waals surface area contributed by atoms with Crippen molar-refractivity contribution in [1.82, 2.24) is 15.0 Å². The zero-order valence-corrected chi connectivity index (χ0v) is 17.4. The molecule has 0 fully saturated rings. The van der Waals surface area contributed by atoms with Crippen LogP contribution in [-0.4, -0.2) is 20.9 Å². The molecule has 0 spiro atoms. The Kier molecular flexibility index (Phi) is 7.09. The van der Waals surface area contributed by atoms with E-state index in [-0.39, 0.29) is 42.9 Å². The molecule has 0 N–H and O–H groups in total. The van der Waals surface area contributed by atoms with Crippen molar-refractivity contribution >= 4 is 5.91 Å². The topological polar surface area (TPSA) is 59.2 Å². The Labute approximate surface area is 185 Å². The zero-order valence-electron chi connectivity index (χ0n) is 17.4. The van der Waals surface area contributed by atoms with Crippen LogP contribution < -0.4 is 0 Å². The van der Waals surface area contributed by atoms with Crippen molar-refractivity contribution in [1.29, 1.82) is 0 Å². The molecule has 11 heteroatoms. The lowest BCUT2D eigenvalue weighted by atomic mass is 10.1. The van der Waals surface area contributed by atoms with Crippen LogP contribution in [0.15, 0.2) is 53.1 Å². The first kappa shape index (κ1) is 24.3. The summed E-state index contributed by atoms with van der Waals surface area (Å²) < 4.78 is 83.4. The van der Waals surface area contributed by atoms with Crippen LogP contribution in [0.3, 0.4) is 0 Å². The fourth-order valence-corrected chi connectivity index (χ4v) is 3.18. The van der Waals surface area contributed by atoms with Crippen molar-refractivity contribution in [2.45, 2.75) is 45.2 Å². The van der Waals surface area contributed by atoms with E-state index in [4.69, 9.17) is 4.52 Å². The largest absolute Gasteiger partial charge is 0.416 e. The molecule has 0 aliphatic heterocycles. The fourth-order valence-electron chi connectivity index (χ4n) is 3.18. The molecule has 0 aliphatic carbocycles. The van der Waals surface area contributed by atoms with Gasteiger partial charge in [0.25, 0.3) is 0 Å². The monoisotopic (exact) mass is 471 g/mol. The Hall–Kier alpha value is -3.37. The lowest BCUT2D eigenvalue weighted by Gasteiger charge is -2.24. The number of aryl methyl sites for hydroxylation is 2. The summed E-state index contributed by atoms with van der Waals surface area (Å²) in [5.41, 5.74) is -1.38. The van der Waals surface area contributed by atoms with Crippen LogP contribution >= 0.6 is 0 Å². The second-order valence-electron chi connectivity index (χ2n) is 7.38. The van der Waals surface area contributed by atoms with Crippen LogP contribution in [-0.2, 0) is 36.7 Å². The average molecular weight is 471 g/mol. The van der Waals surface area contributed by atoms with Crippen LogP contribution in [0, 0.1) is 6.92 Å². The van der Waals surface area contributed by atoms with Crippen LogP contribution in [0.25, 0.3) is 0 Å². The van der Waals surface area contributed by atoms with E-state index < -0.39 is 29.4 Å². The molecule has 33 heavy (non-hydrogen) atoms. The molecular formula is C22H19F6N3O2. The summed E-state index contributed by atoms with van der Waals surface area (Å²) in [6.07, 6.45) is -9.16. The van der Waals surface area contributed by atoms with Crippen molar-refractivity contribution in [3.63, 3.8) is 0 Å². The number of hydrogen-bond acceptors (Lipinski definition) is 4. The third-order valence-corrected chi connectivity index (χ3v) is 4.73. The van der Waals surface area contributed by atoms with E-state index in [0.717, 1.165) is 24.3 Å². The molecule has 0 saturated heterocycles. The highest BCUT2D eigenvalue weighted by Gasteiger charge is 2.31. The highest BCUT2D eigenvalue weighted by molar-refractivity contribution is 5.76. The maximum Gasteiger partial charge on any atom is 0.416 e. The fraction of sp³-hybridized carbons (Fsp3) is 0.318. The van der Waals surface area contributed by atoms with E-state index in [1.54, 1.807) is 6.92 Å². The van der Waals surface area contributed by atoms with Crippen LogP contribution in [0.2, 0.25) is 0 Å². The molecule has 3 aromatic rings. The van der Waals surface area contributed by atoms with E-state index in [1.807, 2.05) is 0 Å². The number of carbonyl (C=O) groups excluding carboxylic acids is 1. The molecule has 0 unspecified atom stereocenters. The number of amides is 1. The molecule has 0 radical (unpaired) electrons. The van der Waals surface area contributed by atoms with E-state index >= 15 is 0 Å². The summed E-state index contributed by atoms with van der Waals surface area (Å²) in [6, 6.07) is 8.90. The third-order valence-electron chi connectivity index (χ3n) is 4.73. The molecule has 2 aromatic carbocycles. The van der Waals surface area contributed by atoms with Gasteiger partial charge in [0.2, 0.25) is 11.8 Å². The van der Waals surface area contributed by atoms with Gasteiger partial charge >= 0.3 is 12.4 Å². The van der Waals surface area contributed by atoms with Gasteiger partial charge in [0.05, 0.1) is 11.1 Å². The number of rotatable bonds is 7. The summed E-state index contributed by atoms with van der Waals surface area (Å²) in [5, 5.41) is 3.62. The number of halogens is 6. The summed E-state index contributed by atoms with van der Waals surface area (Å²) in [6.45, 7) is 1.16. The molecule has 0 atom stereocenters. The summed E-state index contributed by atoms with van der Waals surface area (Å²) in [5.74, 6) is 0.0989. The maximum atomic E-state index is 13.1. The minimum Gasteiger partial charge on any atom is -0.339 e. The van der Waals surface area contributed by atoms with E-state index in [1.165, 1.54) is 29.2 Å². The van der Waals surface area contributed by atoms with Gasteiger partial charge in [-0.25, -0.2) is 0 Å². The molecule has 0 aliphatic rings. The SMILES string of the molecule is Cc1noc(CCC(=O)N(Cc2cccc(C(F)(F)F)c2)Cc2cccc(C(F)(F)F)c2)n1. The van der Waals surface area contributed by atoms with Crippen molar-refractivity contribution in [3.8, 4) is 0 Å². The van der Waals surface area contributed by atoms with Crippen LogP contribution in [0.5, 0.6) is 0 Å². The molecule has 176 valence electrons. The quantitative estimate of drug-likeness (QED) is 0.423. The Morgan fingerprint density at radius 2 is 1.42 bits per heavy atom. The molecule has 1 aromatic heterocycles. The van der Waals surface area contributed by atoms with Crippen molar-refractivity contribution in [2.75, 3.05) is 0 Å². The summed E-state index contributed by atoms with van der Waals surface area (Å²) >= 11 is 0. The first-order valence-electron chi connectivity index (χ1n) is 9.81. The minimum absolute atomic E-state index is 0.0847. The van der Waals surface area contributed by atoms with Gasteiger partial charge in [-0.3, -0.25) is 4.79 Å². The molecule has 1 heterocycles. The van der Waals surface area contributed by atoms with Crippen LogP contribution in [0.1, 0.15) is 40.4 Å². The Morgan fingerprint density at radius 3 is 1.85 bits per heavy atom. The molecule has 5 nitrogen and oxygen atoms in total. The third kappa shape index (κ3) is 6.80. The first-order valence-corrected chi connectivity index (χ1v) is 9.81. The molecule has 1 amide bonds. The molecule has 0 bridgehead atoms. The number of aromatic nitrogens is 2. The molecule has 3 rings (SSSR count). The second-order valence-corrected chi connectivity index (χ2v) is 7.38. The van der Waals surface area contributed by atoms with Gasteiger partial charge in [0, 0.05) is 25.9 Å². The lowest BCUT2D eigenvalue weighted by Crippen LogP contribution is -2.30. The van der Waals surface area contributed by atoms with Gasteiger partial charge in [0.15, 0.2) is 5.82 Å². The molecule has 0 saturated carbocycles. The first-order chi connectivity index (χ1) is 15.4.